The molecule has 0 unspecified atom stereocenters. The number of hydrogen-bond acceptors (Lipinski definition) is 4. The Bertz CT molecular complexity index is 1000. The molecule has 0 bridgehead atoms. The fourth-order valence-electron chi connectivity index (χ4n) is 2.89. The van der Waals surface area contributed by atoms with Crippen molar-refractivity contribution in [3.8, 4) is 11.8 Å². The van der Waals surface area contributed by atoms with Gasteiger partial charge in [0.25, 0.3) is 0 Å². The van der Waals surface area contributed by atoms with Crippen LogP contribution in [0, 0.1) is 35.5 Å². The summed E-state index contributed by atoms with van der Waals surface area (Å²) in [6, 6.07) is 7.57. The van der Waals surface area contributed by atoms with Gasteiger partial charge in [-0.15, -0.1) is 11.3 Å². The predicted octanol–water partition coefficient (Wildman–Crippen LogP) is 5.35. The van der Waals surface area contributed by atoms with Crippen molar-refractivity contribution in [2.45, 2.75) is 27.7 Å². The third-order valence-electron chi connectivity index (χ3n) is 4.15. The van der Waals surface area contributed by atoms with E-state index in [1.54, 1.807) is 11.8 Å². The van der Waals surface area contributed by atoms with E-state index < -0.39 is 0 Å². The van der Waals surface area contributed by atoms with Crippen molar-refractivity contribution in [3.63, 3.8) is 0 Å². The number of rotatable bonds is 1. The number of halogens is 1. The number of benzene rings is 1. The van der Waals surface area contributed by atoms with Crippen LogP contribution in [0.3, 0.4) is 0 Å². The second-order valence-corrected chi connectivity index (χ2v) is 8.14. The van der Waals surface area contributed by atoms with Gasteiger partial charge in [-0.1, -0.05) is 49.4 Å². The third kappa shape index (κ3) is 3.83. The largest absolute Gasteiger partial charge is 0.288 e. The van der Waals surface area contributed by atoms with Gasteiger partial charge in [0, 0.05) is 22.1 Å². The molecule has 0 radical (unpaired) electrons. The molecule has 0 saturated carbocycles. The molecule has 0 saturated heterocycles. The zero-order chi connectivity index (χ0) is 19.7. The molecule has 2 N–H and O–H groups in total. The van der Waals surface area contributed by atoms with Crippen LogP contribution in [0.5, 0.6) is 0 Å². The Morgan fingerprint density at radius 1 is 1.30 bits per heavy atom. The third-order valence-corrected chi connectivity index (χ3v) is 5.60. The smallest absolute Gasteiger partial charge is 0.129 e. The van der Waals surface area contributed by atoms with Gasteiger partial charge in [-0.2, -0.15) is 0 Å². The Labute approximate surface area is 168 Å². The molecule has 0 aliphatic carbocycles. The number of aliphatic imine (C=N–C) groups is 1. The molecule has 27 heavy (non-hydrogen) atoms. The predicted molar refractivity (Wildman–Crippen MR) is 116 cm³/mol. The standard InChI is InChI=1S/C21H21ClN4S/c1-12(2)5-10-17-13(3)19-20(15-6-8-16(22)9-7-15)25-11-18(24)26(14(4)23)21(19)27-17/h6-9,12,23-24H,11H2,1-4H3. The molecule has 4 nitrogen and oxygen atoms in total. The minimum absolute atomic E-state index is 0.224. The molecular formula is C21H21ClN4S. The van der Waals surface area contributed by atoms with Crippen molar-refractivity contribution < 1.29 is 0 Å². The molecule has 1 aliphatic rings. The van der Waals surface area contributed by atoms with Crippen molar-refractivity contribution in [1.29, 1.82) is 10.8 Å². The zero-order valence-corrected chi connectivity index (χ0v) is 17.3. The Morgan fingerprint density at radius 3 is 2.56 bits per heavy atom. The normalized spacial score (nSPS) is 13.6. The van der Waals surface area contributed by atoms with E-state index in [2.05, 4.69) is 25.7 Å². The maximum atomic E-state index is 8.41. The number of anilines is 1. The molecule has 6 heteroatoms. The monoisotopic (exact) mass is 396 g/mol. The number of nitrogens with one attached hydrogen (secondary N) is 2. The van der Waals surface area contributed by atoms with Crippen molar-refractivity contribution in [3.05, 3.63) is 50.9 Å². The lowest BCUT2D eigenvalue weighted by molar-refractivity contribution is 0.867. The number of hydrogen-bond donors (Lipinski definition) is 2. The molecule has 138 valence electrons. The highest BCUT2D eigenvalue weighted by atomic mass is 35.5. The second kappa shape index (κ2) is 7.67. The van der Waals surface area contributed by atoms with Gasteiger partial charge >= 0.3 is 0 Å². The van der Waals surface area contributed by atoms with Crippen LogP contribution in [-0.4, -0.2) is 23.9 Å². The van der Waals surface area contributed by atoms with E-state index in [1.165, 1.54) is 11.3 Å². The van der Waals surface area contributed by atoms with Gasteiger partial charge in [0.15, 0.2) is 0 Å². The van der Waals surface area contributed by atoms with Crippen molar-refractivity contribution in [2.24, 2.45) is 10.9 Å². The minimum Gasteiger partial charge on any atom is -0.288 e. The first-order valence-electron chi connectivity index (χ1n) is 8.68. The fourth-order valence-corrected chi connectivity index (χ4v) is 4.26. The molecule has 1 aliphatic heterocycles. The maximum absolute atomic E-state index is 8.41. The quantitative estimate of drug-likeness (QED) is 0.381. The summed E-state index contributed by atoms with van der Waals surface area (Å²) in [5.74, 6) is 7.36. The summed E-state index contributed by atoms with van der Waals surface area (Å²) in [5, 5.41) is 18.1. The SMILES string of the molecule is CC(=N)N1C(=N)CN=C(c2ccc(Cl)cc2)c2c1sc(C#CC(C)C)c2C. The van der Waals surface area contributed by atoms with Gasteiger partial charge in [-0.05, 0) is 31.5 Å². The van der Waals surface area contributed by atoms with Crippen molar-refractivity contribution >= 4 is 45.3 Å². The van der Waals surface area contributed by atoms with Gasteiger partial charge in [0.1, 0.15) is 16.7 Å². The van der Waals surface area contributed by atoms with Gasteiger partial charge in [0.2, 0.25) is 0 Å². The van der Waals surface area contributed by atoms with Crippen molar-refractivity contribution in [2.75, 3.05) is 11.4 Å². The average molecular weight is 397 g/mol. The van der Waals surface area contributed by atoms with Crippen LogP contribution in [0.2, 0.25) is 5.02 Å². The molecule has 0 spiro atoms. The minimum atomic E-state index is 0.224. The zero-order valence-electron chi connectivity index (χ0n) is 15.8. The maximum Gasteiger partial charge on any atom is 0.129 e. The van der Waals surface area contributed by atoms with Crippen LogP contribution < -0.4 is 4.90 Å². The van der Waals surface area contributed by atoms with Gasteiger partial charge in [-0.3, -0.25) is 20.7 Å². The lowest BCUT2D eigenvalue weighted by Crippen LogP contribution is -2.35. The van der Waals surface area contributed by atoms with E-state index in [9.17, 15) is 0 Å². The first-order chi connectivity index (χ1) is 12.8. The van der Waals surface area contributed by atoms with E-state index in [-0.39, 0.29) is 18.3 Å². The molecule has 0 atom stereocenters. The number of amidine groups is 2. The number of thiophene rings is 1. The lowest BCUT2D eigenvalue weighted by Gasteiger charge is -2.20. The summed E-state index contributed by atoms with van der Waals surface area (Å²) in [5.41, 5.74) is 3.76. The Kier molecular flexibility index (Phi) is 5.50. The van der Waals surface area contributed by atoms with E-state index in [1.807, 2.05) is 31.2 Å². The van der Waals surface area contributed by atoms with E-state index in [4.69, 9.17) is 27.4 Å². The lowest BCUT2D eigenvalue weighted by atomic mass is 9.99. The molecular weight excluding hydrogens is 376 g/mol. The molecule has 0 fully saturated rings. The molecule has 2 heterocycles. The van der Waals surface area contributed by atoms with Crippen LogP contribution >= 0.6 is 22.9 Å². The van der Waals surface area contributed by atoms with E-state index >= 15 is 0 Å². The van der Waals surface area contributed by atoms with Crippen LogP contribution in [0.1, 0.15) is 42.3 Å². The molecule has 0 amide bonds. The van der Waals surface area contributed by atoms with E-state index in [0.717, 1.165) is 32.3 Å². The molecule has 1 aromatic carbocycles. The summed E-state index contributed by atoms with van der Waals surface area (Å²) in [4.78, 5) is 7.34. The molecule has 2 aromatic rings. The number of fused-ring (bicyclic) bond motifs is 1. The van der Waals surface area contributed by atoms with Crippen LogP contribution in [0.15, 0.2) is 29.3 Å². The first kappa shape index (κ1) is 19.3. The average Bonchev–Trinajstić information content (AvgIpc) is 2.82. The molecule has 3 rings (SSSR count). The highest BCUT2D eigenvalue weighted by Crippen LogP contribution is 2.39. The molecule has 1 aromatic heterocycles. The summed E-state index contributed by atoms with van der Waals surface area (Å²) in [7, 11) is 0. The first-order valence-corrected chi connectivity index (χ1v) is 9.87. The number of nitrogens with zero attached hydrogens (tertiary/aromatic N) is 2. The highest BCUT2D eigenvalue weighted by Gasteiger charge is 2.29. The topological polar surface area (TPSA) is 63.3 Å². The van der Waals surface area contributed by atoms with Crippen LogP contribution in [-0.2, 0) is 0 Å². The van der Waals surface area contributed by atoms with Gasteiger partial charge < -0.3 is 0 Å². The Hall–Kier alpha value is -2.42. The van der Waals surface area contributed by atoms with Gasteiger partial charge in [0.05, 0.1) is 17.1 Å². The second-order valence-electron chi connectivity index (χ2n) is 6.70. The summed E-state index contributed by atoms with van der Waals surface area (Å²) < 4.78 is 0. The fraction of sp³-hybridized carbons (Fsp3) is 0.286. The van der Waals surface area contributed by atoms with E-state index in [0.29, 0.717) is 10.9 Å². The van der Waals surface area contributed by atoms with Crippen molar-refractivity contribution in [1.82, 2.24) is 0 Å². The van der Waals surface area contributed by atoms with Crippen LogP contribution in [0.4, 0.5) is 5.00 Å². The van der Waals surface area contributed by atoms with Gasteiger partial charge in [-0.25, -0.2) is 0 Å². The van der Waals surface area contributed by atoms with Crippen LogP contribution in [0.25, 0.3) is 0 Å². The Balaban J connectivity index is 2.26. The Morgan fingerprint density at radius 2 is 1.96 bits per heavy atom. The summed E-state index contributed by atoms with van der Waals surface area (Å²) in [6.07, 6.45) is 0. The summed E-state index contributed by atoms with van der Waals surface area (Å²) in [6.45, 7) is 8.08. The highest BCUT2D eigenvalue weighted by molar-refractivity contribution is 7.17. The summed E-state index contributed by atoms with van der Waals surface area (Å²) >= 11 is 7.57.